The zero-order chi connectivity index (χ0) is 14.3. The van der Waals surface area contributed by atoms with Crippen molar-refractivity contribution in [3.63, 3.8) is 0 Å². The number of ketones is 1. The van der Waals surface area contributed by atoms with Gasteiger partial charge in [0.05, 0.1) is 24.6 Å². The molecule has 19 heavy (non-hydrogen) atoms. The Bertz CT molecular complexity index is 386. The van der Waals surface area contributed by atoms with Crippen molar-refractivity contribution in [1.82, 2.24) is 15.5 Å². The van der Waals surface area contributed by atoms with Gasteiger partial charge in [-0.25, -0.2) is 0 Å². The quantitative estimate of drug-likeness (QED) is 0.587. The first kappa shape index (κ1) is 15.5. The highest BCUT2D eigenvalue weighted by atomic mass is 32.2. The van der Waals surface area contributed by atoms with E-state index in [4.69, 9.17) is 0 Å². The van der Waals surface area contributed by atoms with E-state index in [0.29, 0.717) is 18.8 Å². The molecule has 0 radical (unpaired) electrons. The molecule has 1 heterocycles. The van der Waals surface area contributed by atoms with Crippen LogP contribution in [0, 0.1) is 0 Å². The Morgan fingerprint density at radius 3 is 2.79 bits per heavy atom. The second-order valence-electron chi connectivity index (χ2n) is 4.14. The van der Waals surface area contributed by atoms with Gasteiger partial charge in [-0.2, -0.15) is 0 Å². The van der Waals surface area contributed by atoms with E-state index in [1.807, 2.05) is 0 Å². The average Bonchev–Trinajstić information content (AvgIpc) is 2.33. The summed E-state index contributed by atoms with van der Waals surface area (Å²) in [5.74, 6) is 0.0392. The maximum Gasteiger partial charge on any atom is 0.242 e. The van der Waals surface area contributed by atoms with Crippen LogP contribution in [0.5, 0.6) is 0 Å². The van der Waals surface area contributed by atoms with Crippen LogP contribution in [0.4, 0.5) is 0 Å². The molecule has 1 rings (SSSR count). The Morgan fingerprint density at radius 2 is 2.11 bits per heavy atom. The van der Waals surface area contributed by atoms with Crippen molar-refractivity contribution in [2.45, 2.75) is 6.92 Å². The molecular weight excluding hydrogens is 270 g/mol. The Balaban J connectivity index is 2.15. The summed E-state index contributed by atoms with van der Waals surface area (Å²) in [5, 5.41) is 5.09. The molecule has 1 fully saturated rings. The number of Topliss-reactive ketones (excluding diaryl/α,β-unsaturated/α-hetero) is 1. The zero-order valence-corrected chi connectivity index (χ0v) is 11.5. The van der Waals surface area contributed by atoms with E-state index in [1.54, 1.807) is 0 Å². The SMILES string of the molecule is CC(=O)CSCC(=O)NCCN1CC(=O)NCC1=O. The molecule has 0 aromatic carbocycles. The number of hydrogen-bond acceptors (Lipinski definition) is 5. The largest absolute Gasteiger partial charge is 0.354 e. The van der Waals surface area contributed by atoms with Gasteiger partial charge in [0.25, 0.3) is 0 Å². The third-order valence-corrected chi connectivity index (χ3v) is 3.44. The molecule has 7 nitrogen and oxygen atoms in total. The highest BCUT2D eigenvalue weighted by Gasteiger charge is 2.22. The third kappa shape index (κ3) is 6.23. The minimum absolute atomic E-state index is 0.0151. The van der Waals surface area contributed by atoms with E-state index in [9.17, 15) is 19.2 Å². The first-order chi connectivity index (χ1) is 8.99. The fourth-order valence-corrected chi connectivity index (χ4v) is 2.15. The summed E-state index contributed by atoms with van der Waals surface area (Å²) < 4.78 is 0. The number of amides is 3. The molecule has 0 atom stereocenters. The molecule has 0 aromatic heterocycles. The molecule has 0 saturated carbocycles. The molecule has 106 valence electrons. The summed E-state index contributed by atoms with van der Waals surface area (Å²) in [4.78, 5) is 46.0. The summed E-state index contributed by atoms with van der Waals surface area (Å²) in [6.45, 7) is 2.14. The second kappa shape index (κ2) is 7.78. The third-order valence-electron chi connectivity index (χ3n) is 2.37. The lowest BCUT2D eigenvalue weighted by Gasteiger charge is -2.26. The molecule has 2 N–H and O–H groups in total. The molecule has 1 aliphatic rings. The minimum Gasteiger partial charge on any atom is -0.354 e. The van der Waals surface area contributed by atoms with E-state index in [0.717, 1.165) is 0 Å². The van der Waals surface area contributed by atoms with E-state index >= 15 is 0 Å². The summed E-state index contributed by atoms with van der Waals surface area (Å²) in [5.41, 5.74) is 0. The van der Waals surface area contributed by atoms with Crippen molar-refractivity contribution in [3.05, 3.63) is 0 Å². The van der Waals surface area contributed by atoms with Gasteiger partial charge in [-0.05, 0) is 6.92 Å². The summed E-state index contributed by atoms with van der Waals surface area (Å²) in [6, 6.07) is 0. The van der Waals surface area contributed by atoms with Gasteiger partial charge in [-0.3, -0.25) is 19.2 Å². The molecule has 1 aliphatic heterocycles. The van der Waals surface area contributed by atoms with E-state index in [1.165, 1.54) is 23.6 Å². The zero-order valence-electron chi connectivity index (χ0n) is 10.7. The van der Waals surface area contributed by atoms with Gasteiger partial charge in [0.15, 0.2) is 0 Å². The average molecular weight is 287 g/mol. The van der Waals surface area contributed by atoms with E-state index in [2.05, 4.69) is 10.6 Å². The van der Waals surface area contributed by atoms with Crippen molar-refractivity contribution in [2.24, 2.45) is 0 Å². The number of nitrogens with zero attached hydrogens (tertiary/aromatic N) is 1. The lowest BCUT2D eigenvalue weighted by Crippen LogP contribution is -2.53. The van der Waals surface area contributed by atoms with Crippen LogP contribution in [0.1, 0.15) is 6.92 Å². The molecular formula is C11H17N3O4S. The Hall–Kier alpha value is -1.57. The number of carbonyl (C=O) groups is 4. The van der Waals surface area contributed by atoms with Gasteiger partial charge in [0.1, 0.15) is 5.78 Å². The van der Waals surface area contributed by atoms with Crippen molar-refractivity contribution < 1.29 is 19.2 Å². The monoisotopic (exact) mass is 287 g/mol. The molecule has 0 aliphatic carbocycles. The molecule has 1 saturated heterocycles. The van der Waals surface area contributed by atoms with Crippen LogP contribution in [-0.4, -0.2) is 66.1 Å². The maximum absolute atomic E-state index is 11.4. The first-order valence-corrected chi connectivity index (χ1v) is 7.03. The van der Waals surface area contributed by atoms with Crippen molar-refractivity contribution in [1.29, 1.82) is 0 Å². The minimum atomic E-state index is -0.192. The van der Waals surface area contributed by atoms with Crippen LogP contribution < -0.4 is 10.6 Å². The second-order valence-corrected chi connectivity index (χ2v) is 5.12. The van der Waals surface area contributed by atoms with Gasteiger partial charge >= 0.3 is 0 Å². The predicted molar refractivity (Wildman–Crippen MR) is 70.6 cm³/mol. The summed E-state index contributed by atoms with van der Waals surface area (Å²) >= 11 is 1.25. The highest BCUT2D eigenvalue weighted by molar-refractivity contribution is 8.00. The predicted octanol–water partition coefficient (Wildman–Crippen LogP) is -1.62. The number of hydrogen-bond donors (Lipinski definition) is 2. The molecule has 0 aromatic rings. The summed E-state index contributed by atoms with van der Waals surface area (Å²) in [6.07, 6.45) is 0. The Kier molecular flexibility index (Phi) is 6.34. The standard InChI is InChI=1S/C11H17N3O4S/c1-8(15)6-19-7-10(17)12-2-3-14-5-9(16)13-4-11(14)18/h2-7H2,1H3,(H,12,17)(H,13,16). The molecule has 0 spiro atoms. The van der Waals surface area contributed by atoms with Crippen molar-refractivity contribution in [2.75, 3.05) is 37.7 Å². The van der Waals surface area contributed by atoms with Crippen LogP contribution in [0.2, 0.25) is 0 Å². The highest BCUT2D eigenvalue weighted by Crippen LogP contribution is 1.99. The number of carbonyl (C=O) groups excluding carboxylic acids is 4. The fraction of sp³-hybridized carbons (Fsp3) is 0.636. The fourth-order valence-electron chi connectivity index (χ4n) is 1.48. The topological polar surface area (TPSA) is 95.6 Å². The van der Waals surface area contributed by atoms with Gasteiger partial charge in [0, 0.05) is 13.1 Å². The number of piperazine rings is 1. The first-order valence-electron chi connectivity index (χ1n) is 5.87. The number of rotatable bonds is 7. The number of nitrogens with one attached hydrogen (secondary N) is 2. The molecule has 8 heteroatoms. The van der Waals surface area contributed by atoms with Crippen LogP contribution in [0.15, 0.2) is 0 Å². The van der Waals surface area contributed by atoms with Gasteiger partial charge in [0.2, 0.25) is 17.7 Å². The molecule has 3 amide bonds. The molecule has 0 bridgehead atoms. The van der Waals surface area contributed by atoms with E-state index < -0.39 is 0 Å². The van der Waals surface area contributed by atoms with Crippen LogP contribution in [-0.2, 0) is 19.2 Å². The Labute approximate surface area is 115 Å². The van der Waals surface area contributed by atoms with Gasteiger partial charge in [-0.15, -0.1) is 11.8 Å². The van der Waals surface area contributed by atoms with Crippen LogP contribution >= 0.6 is 11.8 Å². The lowest BCUT2D eigenvalue weighted by atomic mass is 10.3. The van der Waals surface area contributed by atoms with E-state index in [-0.39, 0.29) is 42.3 Å². The summed E-state index contributed by atoms with van der Waals surface area (Å²) in [7, 11) is 0. The smallest absolute Gasteiger partial charge is 0.242 e. The molecule has 0 unspecified atom stereocenters. The van der Waals surface area contributed by atoms with Crippen LogP contribution in [0.3, 0.4) is 0 Å². The normalized spacial score (nSPS) is 15.1. The van der Waals surface area contributed by atoms with Gasteiger partial charge < -0.3 is 15.5 Å². The Morgan fingerprint density at radius 1 is 1.37 bits per heavy atom. The maximum atomic E-state index is 11.4. The van der Waals surface area contributed by atoms with Gasteiger partial charge in [-0.1, -0.05) is 0 Å². The van der Waals surface area contributed by atoms with Crippen molar-refractivity contribution >= 4 is 35.3 Å². The van der Waals surface area contributed by atoms with Crippen molar-refractivity contribution in [3.8, 4) is 0 Å². The lowest BCUT2D eigenvalue weighted by molar-refractivity contribution is -0.140. The number of thioether (sulfide) groups is 1. The van der Waals surface area contributed by atoms with Crippen LogP contribution in [0.25, 0.3) is 0 Å².